The molecule has 26 heavy (non-hydrogen) atoms. The third-order valence-corrected chi connectivity index (χ3v) is 4.92. The number of aryl methyl sites for hydroxylation is 1. The van der Waals surface area contributed by atoms with Gasteiger partial charge in [0.25, 0.3) is 0 Å². The summed E-state index contributed by atoms with van der Waals surface area (Å²) in [6, 6.07) is 13.5. The molecule has 138 valence electrons. The highest BCUT2D eigenvalue weighted by atomic mass is 35.5. The maximum Gasteiger partial charge on any atom is 0.322 e. The molecule has 0 atom stereocenters. The van der Waals surface area contributed by atoms with Gasteiger partial charge in [-0.3, -0.25) is 0 Å². The molecular weight excluding hydrogens is 350 g/mol. The van der Waals surface area contributed by atoms with Crippen molar-refractivity contribution in [2.75, 3.05) is 43.5 Å². The summed E-state index contributed by atoms with van der Waals surface area (Å²) < 4.78 is 5.29. The van der Waals surface area contributed by atoms with Gasteiger partial charge in [0.2, 0.25) is 0 Å². The van der Waals surface area contributed by atoms with E-state index in [1.807, 2.05) is 4.90 Å². The van der Waals surface area contributed by atoms with Gasteiger partial charge in [-0.05, 0) is 36.2 Å². The number of hydrogen-bond acceptors (Lipinski definition) is 3. The van der Waals surface area contributed by atoms with Gasteiger partial charge in [0.05, 0.1) is 12.8 Å². The van der Waals surface area contributed by atoms with Gasteiger partial charge in [-0.15, -0.1) is 0 Å². The van der Waals surface area contributed by atoms with Crippen LogP contribution < -0.4 is 15.0 Å². The first kappa shape index (κ1) is 18.4. The smallest absolute Gasteiger partial charge is 0.322 e. The number of methoxy groups -OCH3 is 1. The zero-order valence-electron chi connectivity index (χ0n) is 15.2. The highest BCUT2D eigenvalue weighted by molar-refractivity contribution is 6.31. The molecule has 0 unspecified atom stereocenters. The summed E-state index contributed by atoms with van der Waals surface area (Å²) in [6.45, 7) is 5.15. The number of anilines is 2. The lowest BCUT2D eigenvalue weighted by Gasteiger charge is -2.37. The maximum absolute atomic E-state index is 12.6. The molecule has 0 saturated carbocycles. The number of rotatable bonds is 4. The Kier molecular flexibility index (Phi) is 5.89. The average molecular weight is 374 g/mol. The molecule has 0 radical (unpaired) electrons. The van der Waals surface area contributed by atoms with E-state index in [9.17, 15) is 4.79 Å². The molecule has 0 aromatic heterocycles. The van der Waals surface area contributed by atoms with E-state index in [1.165, 1.54) is 11.3 Å². The highest BCUT2D eigenvalue weighted by Crippen LogP contribution is 2.28. The number of carbonyl (C=O) groups excluding carboxylic acids is 1. The van der Waals surface area contributed by atoms with Crippen LogP contribution in [0.3, 0.4) is 0 Å². The van der Waals surface area contributed by atoms with Crippen LogP contribution in [0.5, 0.6) is 5.75 Å². The van der Waals surface area contributed by atoms with Crippen molar-refractivity contribution in [2.45, 2.75) is 13.3 Å². The number of ether oxygens (including phenoxy) is 1. The molecule has 1 saturated heterocycles. The Hall–Kier alpha value is -2.40. The zero-order chi connectivity index (χ0) is 18.5. The molecule has 5 nitrogen and oxygen atoms in total. The van der Waals surface area contributed by atoms with Crippen LogP contribution in [-0.4, -0.2) is 44.2 Å². The zero-order valence-corrected chi connectivity index (χ0v) is 15.9. The Bertz CT molecular complexity index is 773. The number of hydrogen-bond donors (Lipinski definition) is 1. The summed E-state index contributed by atoms with van der Waals surface area (Å²) in [5, 5.41) is 3.47. The van der Waals surface area contributed by atoms with E-state index in [1.54, 1.807) is 25.3 Å². The Morgan fingerprint density at radius 3 is 2.58 bits per heavy atom. The van der Waals surface area contributed by atoms with Crippen LogP contribution in [0.4, 0.5) is 16.2 Å². The van der Waals surface area contributed by atoms with Crippen molar-refractivity contribution in [1.82, 2.24) is 4.90 Å². The number of carbonyl (C=O) groups is 1. The number of benzene rings is 2. The summed E-state index contributed by atoms with van der Waals surface area (Å²) >= 11 is 6.03. The molecule has 6 heteroatoms. The van der Waals surface area contributed by atoms with Gasteiger partial charge < -0.3 is 19.9 Å². The van der Waals surface area contributed by atoms with Gasteiger partial charge in [-0.25, -0.2) is 4.79 Å². The lowest BCUT2D eigenvalue weighted by Crippen LogP contribution is -2.50. The van der Waals surface area contributed by atoms with Crippen molar-refractivity contribution in [1.29, 1.82) is 0 Å². The second-order valence-corrected chi connectivity index (χ2v) is 6.67. The van der Waals surface area contributed by atoms with E-state index in [4.69, 9.17) is 16.3 Å². The molecule has 1 N–H and O–H groups in total. The van der Waals surface area contributed by atoms with E-state index in [0.29, 0.717) is 29.5 Å². The minimum atomic E-state index is -0.131. The molecular formula is C20H24ClN3O2. The third kappa shape index (κ3) is 4.05. The lowest BCUT2D eigenvalue weighted by atomic mass is 10.1. The number of para-hydroxylation sites is 1. The number of piperazine rings is 1. The van der Waals surface area contributed by atoms with Crippen LogP contribution in [0.2, 0.25) is 5.02 Å². The minimum absolute atomic E-state index is 0.131. The van der Waals surface area contributed by atoms with Crippen LogP contribution in [0.1, 0.15) is 12.5 Å². The van der Waals surface area contributed by atoms with Crippen molar-refractivity contribution in [3.63, 3.8) is 0 Å². The van der Waals surface area contributed by atoms with Gasteiger partial charge >= 0.3 is 6.03 Å². The summed E-state index contributed by atoms with van der Waals surface area (Å²) in [5.74, 6) is 0.596. The fourth-order valence-electron chi connectivity index (χ4n) is 3.24. The van der Waals surface area contributed by atoms with E-state index in [0.717, 1.165) is 19.5 Å². The van der Waals surface area contributed by atoms with E-state index in [2.05, 4.69) is 41.4 Å². The number of nitrogens with zero attached hydrogens (tertiary/aromatic N) is 2. The summed E-state index contributed by atoms with van der Waals surface area (Å²) in [7, 11) is 1.57. The van der Waals surface area contributed by atoms with Gasteiger partial charge in [-0.2, -0.15) is 0 Å². The van der Waals surface area contributed by atoms with Gasteiger partial charge in [0, 0.05) is 36.9 Å². The molecule has 0 bridgehead atoms. The molecule has 1 aliphatic rings. The Morgan fingerprint density at radius 2 is 1.88 bits per heavy atom. The molecule has 3 rings (SSSR count). The second-order valence-electron chi connectivity index (χ2n) is 6.23. The molecule has 2 aromatic rings. The van der Waals surface area contributed by atoms with Crippen LogP contribution in [0, 0.1) is 0 Å². The predicted molar refractivity (Wildman–Crippen MR) is 107 cm³/mol. The number of urea groups is 1. The van der Waals surface area contributed by atoms with Crippen LogP contribution >= 0.6 is 11.6 Å². The first-order valence-electron chi connectivity index (χ1n) is 8.84. The number of amides is 2. The van der Waals surface area contributed by atoms with Crippen LogP contribution in [0.25, 0.3) is 0 Å². The number of nitrogens with one attached hydrogen (secondary N) is 1. The monoisotopic (exact) mass is 373 g/mol. The number of halogens is 1. The van der Waals surface area contributed by atoms with Gasteiger partial charge in [-0.1, -0.05) is 36.7 Å². The van der Waals surface area contributed by atoms with Gasteiger partial charge in [0.1, 0.15) is 5.75 Å². The summed E-state index contributed by atoms with van der Waals surface area (Å²) in [6.07, 6.45) is 1.01. The minimum Gasteiger partial charge on any atom is -0.495 e. The quantitative estimate of drug-likeness (QED) is 0.870. The first-order valence-corrected chi connectivity index (χ1v) is 9.22. The van der Waals surface area contributed by atoms with Gasteiger partial charge in [0.15, 0.2) is 0 Å². The van der Waals surface area contributed by atoms with Crippen molar-refractivity contribution in [3.05, 3.63) is 53.1 Å². The van der Waals surface area contributed by atoms with Crippen molar-refractivity contribution >= 4 is 29.0 Å². The maximum atomic E-state index is 12.6. The van der Waals surface area contributed by atoms with Crippen molar-refractivity contribution in [3.8, 4) is 5.75 Å². The Labute approximate surface area is 159 Å². The van der Waals surface area contributed by atoms with Crippen molar-refractivity contribution < 1.29 is 9.53 Å². The first-order chi connectivity index (χ1) is 12.6. The molecule has 2 amide bonds. The third-order valence-electron chi connectivity index (χ3n) is 4.68. The van der Waals surface area contributed by atoms with E-state index >= 15 is 0 Å². The molecule has 0 aliphatic carbocycles. The largest absolute Gasteiger partial charge is 0.495 e. The van der Waals surface area contributed by atoms with E-state index < -0.39 is 0 Å². The fourth-order valence-corrected chi connectivity index (χ4v) is 3.41. The SMILES string of the molecule is CCc1ccccc1N1CCN(C(=O)Nc2cc(Cl)ccc2OC)CC1. The molecule has 1 aliphatic heterocycles. The van der Waals surface area contributed by atoms with E-state index in [-0.39, 0.29) is 6.03 Å². The molecule has 1 heterocycles. The predicted octanol–water partition coefficient (Wildman–Crippen LogP) is 4.27. The van der Waals surface area contributed by atoms with Crippen molar-refractivity contribution in [2.24, 2.45) is 0 Å². The normalized spacial score (nSPS) is 14.3. The molecule has 2 aromatic carbocycles. The molecule has 1 fully saturated rings. The van der Waals surface area contributed by atoms with Crippen LogP contribution in [0.15, 0.2) is 42.5 Å². The highest BCUT2D eigenvalue weighted by Gasteiger charge is 2.23. The second kappa shape index (κ2) is 8.32. The fraction of sp³-hybridized carbons (Fsp3) is 0.350. The summed E-state index contributed by atoms with van der Waals surface area (Å²) in [4.78, 5) is 16.8. The standard InChI is InChI=1S/C20H24ClN3O2/c1-3-15-6-4-5-7-18(15)23-10-12-24(13-11-23)20(25)22-17-14-16(21)8-9-19(17)26-2/h4-9,14H,3,10-13H2,1-2H3,(H,22,25). The summed E-state index contributed by atoms with van der Waals surface area (Å²) in [5.41, 5.74) is 3.20. The Morgan fingerprint density at radius 1 is 1.15 bits per heavy atom. The van der Waals surface area contributed by atoms with Crippen LogP contribution in [-0.2, 0) is 6.42 Å². The lowest BCUT2D eigenvalue weighted by molar-refractivity contribution is 0.208. The topological polar surface area (TPSA) is 44.8 Å². The average Bonchev–Trinajstić information content (AvgIpc) is 2.68. The Balaban J connectivity index is 1.63. The molecule has 0 spiro atoms.